The molecule has 2 fully saturated rings. The van der Waals surface area contributed by atoms with E-state index in [1.165, 1.54) is 24.8 Å². The van der Waals surface area contributed by atoms with Crippen molar-refractivity contribution in [3.05, 3.63) is 95.3 Å². The van der Waals surface area contributed by atoms with Crippen LogP contribution in [0.15, 0.2) is 72.9 Å². The van der Waals surface area contributed by atoms with Gasteiger partial charge in [-0.3, -0.25) is 14.6 Å². The molecule has 8 rings (SSSR count). The van der Waals surface area contributed by atoms with Gasteiger partial charge < -0.3 is 15.0 Å². The van der Waals surface area contributed by atoms with Gasteiger partial charge in [0.1, 0.15) is 17.7 Å². The number of hydrogen-bond donors (Lipinski definition) is 2. The molecule has 2 saturated heterocycles. The third kappa shape index (κ3) is 7.11. The number of carbonyl (C=O) groups excluding carboxylic acids is 1. The van der Waals surface area contributed by atoms with Gasteiger partial charge in [0.05, 0.1) is 23.6 Å². The van der Waals surface area contributed by atoms with Crippen LogP contribution in [-0.4, -0.2) is 61.0 Å². The molecule has 272 valence electrons. The molecule has 2 aromatic carbocycles. The van der Waals surface area contributed by atoms with E-state index in [9.17, 15) is 4.79 Å². The largest absolute Gasteiger partial charge is 0.484 e. The molecule has 1 aliphatic carbocycles. The summed E-state index contributed by atoms with van der Waals surface area (Å²) < 4.78 is 10.6. The van der Waals surface area contributed by atoms with Crippen LogP contribution in [0.4, 0.5) is 16.6 Å². The number of nitrogens with zero attached hydrogens (tertiary/aromatic N) is 7. The van der Waals surface area contributed by atoms with Crippen molar-refractivity contribution in [2.75, 3.05) is 29.9 Å². The van der Waals surface area contributed by atoms with Crippen molar-refractivity contribution in [3.8, 4) is 11.4 Å². The molecule has 0 bridgehead atoms. The first-order valence-corrected chi connectivity index (χ1v) is 19.1. The number of urea groups is 1. The number of piperidine rings is 1. The molecule has 3 aliphatic rings. The molecule has 2 N–H and O–H groups in total. The summed E-state index contributed by atoms with van der Waals surface area (Å²) in [5.74, 6) is 2.29. The highest BCUT2D eigenvalue weighted by molar-refractivity contribution is 5.89. The van der Waals surface area contributed by atoms with E-state index in [2.05, 4.69) is 99.1 Å². The summed E-state index contributed by atoms with van der Waals surface area (Å²) in [6.45, 7) is 12.9. The molecular weight excluding hydrogens is 651 g/mol. The molecule has 2 amide bonds. The minimum absolute atomic E-state index is 0.146. The topological polar surface area (TPSA) is 105 Å². The van der Waals surface area contributed by atoms with Crippen LogP contribution >= 0.6 is 0 Å². The van der Waals surface area contributed by atoms with E-state index < -0.39 is 0 Å². The van der Waals surface area contributed by atoms with Gasteiger partial charge in [0.25, 0.3) is 0 Å². The van der Waals surface area contributed by atoms with Gasteiger partial charge in [0.2, 0.25) is 5.95 Å². The minimum atomic E-state index is -0.260. The van der Waals surface area contributed by atoms with Crippen LogP contribution < -0.4 is 20.3 Å². The number of anilines is 2. The number of nitrogens with one attached hydrogen (secondary N) is 2. The van der Waals surface area contributed by atoms with Crippen molar-refractivity contribution in [2.45, 2.75) is 103 Å². The second-order valence-electron chi connectivity index (χ2n) is 15.8. The molecule has 5 aromatic rings. The summed E-state index contributed by atoms with van der Waals surface area (Å²) >= 11 is 0. The summed E-state index contributed by atoms with van der Waals surface area (Å²) in [5.41, 5.74) is 5.90. The average Bonchev–Trinajstić information content (AvgIpc) is 3.91. The maximum absolute atomic E-state index is 13.7. The van der Waals surface area contributed by atoms with Gasteiger partial charge in [-0.15, -0.1) is 10.2 Å². The van der Waals surface area contributed by atoms with Crippen LogP contribution in [0.3, 0.4) is 0 Å². The van der Waals surface area contributed by atoms with Gasteiger partial charge in [0, 0.05) is 30.6 Å². The number of likely N-dealkylation sites (tertiary alicyclic amines) is 1. The maximum atomic E-state index is 13.7. The Morgan fingerprint density at radius 3 is 2.42 bits per heavy atom. The lowest BCUT2D eigenvalue weighted by Gasteiger charge is -2.33. The number of hydrogen-bond acceptors (Lipinski definition) is 7. The number of aromatic nitrogens is 5. The Bertz CT molecular complexity index is 2020. The van der Waals surface area contributed by atoms with Crippen molar-refractivity contribution in [3.63, 3.8) is 0 Å². The van der Waals surface area contributed by atoms with Crippen molar-refractivity contribution in [2.24, 2.45) is 0 Å². The second kappa shape index (κ2) is 14.3. The normalized spacial score (nSPS) is 20.9. The number of amides is 2. The first-order chi connectivity index (χ1) is 25.2. The zero-order valence-electron chi connectivity index (χ0n) is 30.9. The summed E-state index contributed by atoms with van der Waals surface area (Å²) in [4.78, 5) is 18.6. The number of carbonyl (C=O) groups is 1. The average molecular weight is 702 g/mol. The van der Waals surface area contributed by atoms with Crippen molar-refractivity contribution >= 4 is 23.4 Å². The number of ether oxygens (including phenoxy) is 1. The van der Waals surface area contributed by atoms with E-state index in [-0.39, 0.29) is 23.6 Å². The smallest absolute Gasteiger partial charge is 0.320 e. The first-order valence-electron chi connectivity index (χ1n) is 19.1. The highest BCUT2D eigenvalue weighted by Crippen LogP contribution is 2.39. The summed E-state index contributed by atoms with van der Waals surface area (Å²) in [7, 11) is 0. The van der Waals surface area contributed by atoms with Gasteiger partial charge in [-0.25, -0.2) is 9.48 Å². The molecule has 0 saturated carbocycles. The number of benzene rings is 2. The van der Waals surface area contributed by atoms with E-state index in [1.54, 1.807) is 0 Å². The predicted molar refractivity (Wildman–Crippen MR) is 204 cm³/mol. The fraction of sp³-hybridized carbons (Fsp3) is 0.463. The lowest BCUT2D eigenvalue weighted by atomic mass is 9.85. The van der Waals surface area contributed by atoms with Crippen LogP contribution in [0, 0.1) is 0 Å². The monoisotopic (exact) mass is 701 g/mol. The summed E-state index contributed by atoms with van der Waals surface area (Å²) in [6.07, 6.45) is 9.49. The van der Waals surface area contributed by atoms with Gasteiger partial charge in [0.15, 0.2) is 5.65 Å². The molecule has 0 radical (unpaired) electrons. The lowest BCUT2D eigenvalue weighted by molar-refractivity contribution is 0.171. The zero-order chi connectivity index (χ0) is 35.8. The highest BCUT2D eigenvalue weighted by atomic mass is 16.5. The third-order valence-electron chi connectivity index (χ3n) is 10.9. The molecule has 0 spiro atoms. The van der Waals surface area contributed by atoms with E-state index >= 15 is 0 Å². The number of fused-ring (bicyclic) bond motifs is 2. The van der Waals surface area contributed by atoms with Gasteiger partial charge in [-0.2, -0.15) is 5.10 Å². The number of rotatable bonds is 8. The fourth-order valence-electron chi connectivity index (χ4n) is 7.99. The second-order valence-corrected chi connectivity index (χ2v) is 15.8. The third-order valence-corrected chi connectivity index (χ3v) is 10.9. The standard InChI is InChI=1S/C41H51N9O2/c1-28-11-7-8-24-48(28)40-45-44-37-21-18-31(27-49(37)40)52-35-20-19-34(32-12-5-6-13-33(32)35)42-39(51)43-38-25-36(41(2,3)4)46-50(38)30-16-14-29(15-17-30)26-47-22-9-10-23-47/h5-6,12-18,21,25,27-28,34-35H,7-11,19-20,22-24,26H2,1-4H3,(H2,42,43,51). The van der Waals surface area contributed by atoms with Gasteiger partial charge in [-0.05, 0) is 106 Å². The molecule has 3 aromatic heterocycles. The van der Waals surface area contributed by atoms with Crippen LogP contribution in [-0.2, 0) is 12.0 Å². The van der Waals surface area contributed by atoms with Crippen LogP contribution in [0.5, 0.6) is 5.75 Å². The Kier molecular flexibility index (Phi) is 9.38. The van der Waals surface area contributed by atoms with Crippen molar-refractivity contribution in [1.82, 2.24) is 34.6 Å². The van der Waals surface area contributed by atoms with Gasteiger partial charge in [-0.1, -0.05) is 57.2 Å². The summed E-state index contributed by atoms with van der Waals surface area (Å²) in [5, 5.41) is 20.4. The van der Waals surface area contributed by atoms with Crippen LogP contribution in [0.2, 0.25) is 0 Å². The Morgan fingerprint density at radius 2 is 1.65 bits per heavy atom. The van der Waals surface area contributed by atoms with E-state index in [1.807, 2.05) is 41.2 Å². The molecule has 2 aliphatic heterocycles. The fourth-order valence-corrected chi connectivity index (χ4v) is 7.99. The maximum Gasteiger partial charge on any atom is 0.320 e. The molecule has 11 heteroatoms. The minimum Gasteiger partial charge on any atom is -0.484 e. The van der Waals surface area contributed by atoms with Crippen molar-refractivity contribution < 1.29 is 9.53 Å². The highest BCUT2D eigenvalue weighted by Gasteiger charge is 2.31. The Morgan fingerprint density at radius 1 is 0.885 bits per heavy atom. The Labute approximate surface area is 306 Å². The quantitative estimate of drug-likeness (QED) is 0.169. The van der Waals surface area contributed by atoms with Crippen LogP contribution in [0.1, 0.15) is 107 Å². The molecule has 52 heavy (non-hydrogen) atoms. The molecular formula is C41H51N9O2. The number of pyridine rings is 1. The molecule has 3 unspecified atom stereocenters. The Hall–Kier alpha value is -4.90. The molecule has 11 nitrogen and oxygen atoms in total. The molecule has 5 heterocycles. The predicted octanol–water partition coefficient (Wildman–Crippen LogP) is 7.96. The van der Waals surface area contributed by atoms with E-state index in [0.29, 0.717) is 11.9 Å². The SMILES string of the molecule is CC1CCCCN1c1nnc2ccc(OC3CCC(NC(=O)Nc4cc(C(C)(C)C)nn4-c4ccc(CN5CCCC5)cc4)c4ccccc43)cn12. The van der Waals surface area contributed by atoms with E-state index in [0.717, 1.165) is 91.7 Å². The molecule has 3 atom stereocenters. The van der Waals surface area contributed by atoms with Crippen molar-refractivity contribution in [1.29, 1.82) is 0 Å². The first kappa shape index (κ1) is 34.2. The zero-order valence-corrected chi connectivity index (χ0v) is 30.9. The van der Waals surface area contributed by atoms with Crippen LogP contribution in [0.25, 0.3) is 11.3 Å². The lowest BCUT2D eigenvalue weighted by Crippen LogP contribution is -2.38. The van der Waals surface area contributed by atoms with E-state index in [4.69, 9.17) is 9.84 Å². The van der Waals surface area contributed by atoms with Gasteiger partial charge >= 0.3 is 6.03 Å². The Balaban J connectivity index is 0.977. The summed E-state index contributed by atoms with van der Waals surface area (Å²) in [6, 6.07) is 22.8.